The Hall–Kier alpha value is -6.18. The maximum Gasteiger partial charge on any atom is 0.0546 e. The zero-order chi connectivity index (χ0) is 30.9. The minimum atomic E-state index is 1.13. The average Bonchev–Trinajstić information content (AvgIpc) is 3.25. The second kappa shape index (κ2) is 10.2. The molecule has 0 N–H and O–H groups in total. The SMILES string of the molecule is c1ccc(N(c2ccccc2-c2cccc3ccccc23)c2cccc3c2-c2c4cccc2-c2cccc-3c2-c2ccccc2-4)cc1. The van der Waals surface area contributed by atoms with Gasteiger partial charge < -0.3 is 4.90 Å². The molecule has 2 aliphatic carbocycles. The Bertz CT molecular complexity index is 2500. The van der Waals surface area contributed by atoms with Crippen LogP contribution in [-0.4, -0.2) is 0 Å². The first-order valence-electron chi connectivity index (χ1n) is 16.3. The molecule has 47 heavy (non-hydrogen) atoms. The Morgan fingerprint density at radius 2 is 0.723 bits per heavy atom. The molecule has 0 aromatic heterocycles. The minimum Gasteiger partial charge on any atom is -0.309 e. The summed E-state index contributed by atoms with van der Waals surface area (Å²) in [7, 11) is 0. The lowest BCUT2D eigenvalue weighted by Gasteiger charge is -2.32. The Balaban J connectivity index is 1.33. The van der Waals surface area contributed by atoms with Gasteiger partial charge in [-0.25, -0.2) is 0 Å². The second-order valence-corrected chi connectivity index (χ2v) is 12.4. The fourth-order valence-electron chi connectivity index (χ4n) is 8.05. The Kier molecular flexibility index (Phi) is 5.64. The molecule has 8 aromatic rings. The molecular weight excluding hydrogens is 567 g/mol. The molecule has 0 unspecified atom stereocenters. The highest BCUT2D eigenvalue weighted by atomic mass is 15.1. The molecule has 0 radical (unpaired) electrons. The summed E-state index contributed by atoms with van der Waals surface area (Å²) in [5, 5.41) is 2.49. The van der Waals surface area contributed by atoms with Crippen LogP contribution in [0.15, 0.2) is 176 Å². The van der Waals surface area contributed by atoms with Gasteiger partial charge in [0.2, 0.25) is 0 Å². The summed E-state index contributed by atoms with van der Waals surface area (Å²) in [6, 6.07) is 64.6. The molecule has 0 aliphatic heterocycles. The van der Waals surface area contributed by atoms with Crippen LogP contribution in [0.25, 0.3) is 77.5 Å². The molecule has 1 nitrogen and oxygen atoms in total. The fraction of sp³-hybridized carbons (Fsp3) is 0. The molecule has 6 bridgehead atoms. The standard InChI is InChI=1S/C46H29N/c1-2-16-31(17-3-1)47(42-28-9-8-20-35(42)33-22-10-15-30-14-4-5-18-32(30)33)43-29-13-27-41-39-25-12-24-38-40-26-11-23-37(45(40)46(41)43)34-19-6-7-21-36(34)44(38)39/h1-29H. The van der Waals surface area contributed by atoms with Crippen molar-refractivity contribution in [3.05, 3.63) is 176 Å². The van der Waals surface area contributed by atoms with Gasteiger partial charge in [0, 0.05) is 22.4 Å². The largest absolute Gasteiger partial charge is 0.309 e. The van der Waals surface area contributed by atoms with Crippen molar-refractivity contribution in [2.75, 3.05) is 4.90 Å². The number of hydrogen-bond donors (Lipinski definition) is 0. The average molecular weight is 596 g/mol. The third-order valence-electron chi connectivity index (χ3n) is 9.97. The monoisotopic (exact) mass is 595 g/mol. The van der Waals surface area contributed by atoms with Crippen molar-refractivity contribution in [1.82, 2.24) is 0 Å². The zero-order valence-corrected chi connectivity index (χ0v) is 25.7. The van der Waals surface area contributed by atoms with Crippen LogP contribution in [0.2, 0.25) is 0 Å². The second-order valence-electron chi connectivity index (χ2n) is 12.4. The van der Waals surface area contributed by atoms with Crippen molar-refractivity contribution in [2.24, 2.45) is 0 Å². The van der Waals surface area contributed by atoms with Crippen LogP contribution in [-0.2, 0) is 0 Å². The first kappa shape index (κ1) is 26.1. The maximum atomic E-state index is 2.48. The van der Waals surface area contributed by atoms with Crippen molar-refractivity contribution < 1.29 is 0 Å². The van der Waals surface area contributed by atoms with Crippen LogP contribution in [0, 0.1) is 0 Å². The normalized spacial score (nSPS) is 11.8. The number of nitrogens with zero attached hydrogens (tertiary/aromatic N) is 1. The van der Waals surface area contributed by atoms with Gasteiger partial charge >= 0.3 is 0 Å². The maximum absolute atomic E-state index is 2.48. The van der Waals surface area contributed by atoms with E-state index in [2.05, 4.69) is 181 Å². The lowest BCUT2D eigenvalue weighted by Crippen LogP contribution is -2.13. The molecule has 8 aromatic carbocycles. The van der Waals surface area contributed by atoms with E-state index in [1.165, 1.54) is 83.2 Å². The topological polar surface area (TPSA) is 3.24 Å². The highest BCUT2D eigenvalue weighted by Crippen LogP contribution is 2.60. The van der Waals surface area contributed by atoms with Crippen molar-refractivity contribution in [2.45, 2.75) is 0 Å². The molecule has 10 rings (SSSR count). The summed E-state index contributed by atoms with van der Waals surface area (Å²) in [4.78, 5) is 2.48. The van der Waals surface area contributed by atoms with Crippen LogP contribution in [0.4, 0.5) is 17.1 Å². The van der Waals surface area contributed by atoms with E-state index in [0.29, 0.717) is 0 Å². The fourth-order valence-corrected chi connectivity index (χ4v) is 8.05. The highest BCUT2D eigenvalue weighted by Gasteiger charge is 2.33. The molecule has 0 atom stereocenters. The smallest absolute Gasteiger partial charge is 0.0546 e. The number of anilines is 3. The van der Waals surface area contributed by atoms with Gasteiger partial charge in [-0.2, -0.15) is 0 Å². The molecular formula is C46H29N. The molecule has 0 amide bonds. The van der Waals surface area contributed by atoms with Gasteiger partial charge in [0.1, 0.15) is 0 Å². The summed E-state index contributed by atoms with van der Waals surface area (Å²) in [5.41, 5.74) is 18.8. The third kappa shape index (κ3) is 3.78. The number of para-hydroxylation sites is 2. The van der Waals surface area contributed by atoms with E-state index in [0.717, 1.165) is 11.4 Å². The van der Waals surface area contributed by atoms with Crippen LogP contribution in [0.1, 0.15) is 0 Å². The Labute approximate surface area is 274 Å². The van der Waals surface area contributed by atoms with Crippen LogP contribution < -0.4 is 4.90 Å². The summed E-state index contributed by atoms with van der Waals surface area (Å²) in [5.74, 6) is 0. The van der Waals surface area contributed by atoms with E-state index < -0.39 is 0 Å². The molecule has 0 fully saturated rings. The van der Waals surface area contributed by atoms with E-state index in [4.69, 9.17) is 0 Å². The van der Waals surface area contributed by atoms with Crippen molar-refractivity contribution in [3.63, 3.8) is 0 Å². The van der Waals surface area contributed by atoms with E-state index in [1.807, 2.05) is 0 Å². The molecule has 0 saturated heterocycles. The quantitative estimate of drug-likeness (QED) is 0.196. The summed E-state index contributed by atoms with van der Waals surface area (Å²) in [6.07, 6.45) is 0. The van der Waals surface area contributed by atoms with E-state index in [9.17, 15) is 0 Å². The highest BCUT2D eigenvalue weighted by molar-refractivity contribution is 6.17. The number of rotatable bonds is 4. The summed E-state index contributed by atoms with van der Waals surface area (Å²) >= 11 is 0. The van der Waals surface area contributed by atoms with Gasteiger partial charge in [0.15, 0.2) is 0 Å². The van der Waals surface area contributed by atoms with Crippen molar-refractivity contribution in [3.8, 4) is 66.8 Å². The summed E-state index contributed by atoms with van der Waals surface area (Å²) in [6.45, 7) is 0. The Morgan fingerprint density at radius 3 is 1.51 bits per heavy atom. The molecule has 1 heteroatoms. The van der Waals surface area contributed by atoms with Gasteiger partial charge in [-0.1, -0.05) is 152 Å². The third-order valence-corrected chi connectivity index (χ3v) is 9.97. The van der Waals surface area contributed by atoms with E-state index in [1.54, 1.807) is 0 Å². The van der Waals surface area contributed by atoms with E-state index >= 15 is 0 Å². The minimum absolute atomic E-state index is 1.13. The predicted molar refractivity (Wildman–Crippen MR) is 198 cm³/mol. The first-order valence-corrected chi connectivity index (χ1v) is 16.3. The van der Waals surface area contributed by atoms with Crippen molar-refractivity contribution in [1.29, 1.82) is 0 Å². The molecule has 0 saturated carbocycles. The van der Waals surface area contributed by atoms with Gasteiger partial charge in [-0.15, -0.1) is 0 Å². The lowest BCUT2D eigenvalue weighted by molar-refractivity contribution is 1.28. The van der Waals surface area contributed by atoms with E-state index in [-0.39, 0.29) is 0 Å². The van der Waals surface area contributed by atoms with Gasteiger partial charge in [-0.3, -0.25) is 0 Å². The van der Waals surface area contributed by atoms with Crippen LogP contribution in [0.5, 0.6) is 0 Å². The number of benzene rings is 8. The van der Waals surface area contributed by atoms with Crippen LogP contribution in [0.3, 0.4) is 0 Å². The lowest BCUT2D eigenvalue weighted by atomic mass is 9.82. The zero-order valence-electron chi connectivity index (χ0n) is 25.7. The van der Waals surface area contributed by atoms with Gasteiger partial charge in [-0.05, 0) is 85.1 Å². The molecule has 218 valence electrons. The van der Waals surface area contributed by atoms with Gasteiger partial charge in [0.25, 0.3) is 0 Å². The summed E-state index contributed by atoms with van der Waals surface area (Å²) < 4.78 is 0. The van der Waals surface area contributed by atoms with Gasteiger partial charge in [0.05, 0.1) is 11.4 Å². The number of fused-ring (bicyclic) bond motifs is 5. The first-order chi connectivity index (χ1) is 23.4. The number of hydrogen-bond acceptors (Lipinski definition) is 1. The predicted octanol–water partition coefficient (Wildman–Crippen LogP) is 12.9. The molecule has 0 heterocycles. The molecule has 0 spiro atoms. The molecule has 2 aliphatic rings. The van der Waals surface area contributed by atoms with Crippen LogP contribution >= 0.6 is 0 Å². The van der Waals surface area contributed by atoms with Crippen molar-refractivity contribution >= 4 is 27.8 Å². The Morgan fingerprint density at radius 1 is 0.255 bits per heavy atom.